The Bertz CT molecular complexity index is 516. The van der Waals surface area contributed by atoms with Gasteiger partial charge in [-0.05, 0) is 33.6 Å². The quantitative estimate of drug-likeness (QED) is 0.428. The number of carbonyl (C=O) groups excluding carboxylic acids is 2. The van der Waals surface area contributed by atoms with Gasteiger partial charge in [0, 0.05) is 18.9 Å². The van der Waals surface area contributed by atoms with Crippen molar-refractivity contribution in [2.24, 2.45) is 5.92 Å². The molecule has 0 spiro atoms. The highest BCUT2D eigenvalue weighted by Gasteiger charge is 2.54. The van der Waals surface area contributed by atoms with Gasteiger partial charge in [-0.25, -0.2) is 4.39 Å². The van der Waals surface area contributed by atoms with Gasteiger partial charge in [-0.15, -0.1) is 6.58 Å². The second-order valence-electron chi connectivity index (χ2n) is 7.64. The van der Waals surface area contributed by atoms with Gasteiger partial charge in [-0.2, -0.15) is 0 Å². The normalized spacial score (nSPS) is 30.6. The zero-order valence-corrected chi connectivity index (χ0v) is 15.5. The molecule has 2 saturated heterocycles. The van der Waals surface area contributed by atoms with E-state index in [0.29, 0.717) is 19.4 Å². The highest BCUT2D eigenvalue weighted by atomic mass is 19.1. The van der Waals surface area contributed by atoms with Crippen molar-refractivity contribution in [3.05, 3.63) is 12.7 Å². The molecule has 2 aliphatic rings. The molecule has 2 unspecified atom stereocenters. The van der Waals surface area contributed by atoms with Crippen LogP contribution in [-0.2, 0) is 19.1 Å². The van der Waals surface area contributed by atoms with E-state index in [0.717, 1.165) is 0 Å². The Balaban J connectivity index is 2.17. The van der Waals surface area contributed by atoms with Crippen molar-refractivity contribution < 1.29 is 23.5 Å². The molecule has 0 aliphatic carbocycles. The van der Waals surface area contributed by atoms with Crippen LogP contribution < -0.4 is 5.32 Å². The molecule has 25 heavy (non-hydrogen) atoms. The van der Waals surface area contributed by atoms with Crippen molar-refractivity contribution in [2.45, 2.75) is 77.2 Å². The van der Waals surface area contributed by atoms with Crippen molar-refractivity contribution >= 4 is 11.9 Å². The molecule has 0 amide bonds. The number of esters is 2. The van der Waals surface area contributed by atoms with E-state index < -0.39 is 30.0 Å². The summed E-state index contributed by atoms with van der Waals surface area (Å²) >= 11 is 0. The Hall–Kier alpha value is -1.47. The van der Waals surface area contributed by atoms with Crippen LogP contribution in [0.3, 0.4) is 0 Å². The number of alkyl halides is 1. The maximum absolute atomic E-state index is 13.8. The summed E-state index contributed by atoms with van der Waals surface area (Å²) in [7, 11) is 0. The number of likely N-dealkylation sites (tertiary alicyclic amines) is 1. The van der Waals surface area contributed by atoms with Gasteiger partial charge < -0.3 is 9.47 Å². The van der Waals surface area contributed by atoms with Crippen LogP contribution in [0.2, 0.25) is 0 Å². The van der Waals surface area contributed by atoms with Gasteiger partial charge in [-0.1, -0.05) is 13.0 Å². The zero-order valence-electron chi connectivity index (χ0n) is 15.5. The summed E-state index contributed by atoms with van der Waals surface area (Å²) in [4.78, 5) is 26.9. The first kappa shape index (κ1) is 19.8. The van der Waals surface area contributed by atoms with Gasteiger partial charge in [0.2, 0.25) is 6.36 Å². The maximum atomic E-state index is 13.8. The summed E-state index contributed by atoms with van der Waals surface area (Å²) in [6, 6.07) is -1.31. The molecule has 0 aromatic rings. The van der Waals surface area contributed by atoms with E-state index in [9.17, 15) is 14.0 Å². The third-order valence-corrected chi connectivity index (χ3v) is 4.31. The number of nitrogens with one attached hydrogen (secondary N) is 1. The fourth-order valence-electron chi connectivity index (χ4n) is 3.19. The van der Waals surface area contributed by atoms with Crippen LogP contribution in [-0.4, -0.2) is 53.6 Å². The first-order chi connectivity index (χ1) is 11.7. The molecule has 2 aliphatic heterocycles. The second-order valence-corrected chi connectivity index (χ2v) is 7.64. The Labute approximate surface area is 148 Å². The van der Waals surface area contributed by atoms with Gasteiger partial charge in [0.1, 0.15) is 17.7 Å². The molecule has 1 N–H and O–H groups in total. The van der Waals surface area contributed by atoms with Gasteiger partial charge in [-0.3, -0.25) is 19.8 Å². The SMILES string of the molecule is C=C[C@@H]1C[C@H](C(=O)OC(C)(C)C)N(C2CN2)[C@H]1C(=O)OC(F)CCC. The zero-order chi connectivity index (χ0) is 18.8. The molecule has 0 bridgehead atoms. The molecule has 2 heterocycles. The van der Waals surface area contributed by atoms with Crippen LogP contribution in [0.5, 0.6) is 0 Å². The van der Waals surface area contributed by atoms with Crippen molar-refractivity contribution in [1.82, 2.24) is 10.2 Å². The predicted molar refractivity (Wildman–Crippen MR) is 91.3 cm³/mol. The third-order valence-electron chi connectivity index (χ3n) is 4.31. The number of rotatable bonds is 7. The molecular weight excluding hydrogens is 327 g/mol. The minimum atomic E-state index is -1.63. The van der Waals surface area contributed by atoms with Crippen LogP contribution in [0.1, 0.15) is 47.0 Å². The summed E-state index contributed by atoms with van der Waals surface area (Å²) in [5.41, 5.74) is -0.618. The maximum Gasteiger partial charge on any atom is 0.326 e. The molecule has 0 saturated carbocycles. The molecule has 2 fully saturated rings. The largest absolute Gasteiger partial charge is 0.459 e. The molecule has 142 valence electrons. The lowest BCUT2D eigenvalue weighted by Crippen LogP contribution is -2.50. The summed E-state index contributed by atoms with van der Waals surface area (Å²) in [5.74, 6) is -1.32. The van der Waals surface area contributed by atoms with Crippen molar-refractivity contribution in [2.75, 3.05) is 6.54 Å². The molecule has 2 rings (SSSR count). The van der Waals surface area contributed by atoms with E-state index in [1.54, 1.807) is 31.7 Å². The standard InChI is InChI=1S/C18H29FN2O4/c1-6-8-13(19)24-17(23)15-11(7-2)9-12(21(15)14-10-20-14)16(22)25-18(3,4)5/h7,11-15,20H,2,6,8-10H2,1,3-5H3/t11-,12-,13?,14?,15-/m1/s1. The average Bonchev–Trinajstić information content (AvgIpc) is 3.24. The van der Waals surface area contributed by atoms with Crippen molar-refractivity contribution in [3.63, 3.8) is 0 Å². The van der Waals surface area contributed by atoms with Crippen LogP contribution in [0.15, 0.2) is 12.7 Å². The number of hydrogen-bond donors (Lipinski definition) is 1. The first-order valence-corrected chi connectivity index (χ1v) is 8.88. The van der Waals surface area contributed by atoms with E-state index in [4.69, 9.17) is 9.47 Å². The number of nitrogens with zero attached hydrogens (tertiary/aromatic N) is 1. The molecule has 7 heteroatoms. The van der Waals surface area contributed by atoms with Crippen molar-refractivity contribution in [1.29, 1.82) is 0 Å². The Morgan fingerprint density at radius 1 is 1.40 bits per heavy atom. The minimum Gasteiger partial charge on any atom is -0.459 e. The van der Waals surface area contributed by atoms with E-state index in [1.807, 2.05) is 6.92 Å². The lowest BCUT2D eigenvalue weighted by atomic mass is 9.99. The number of halogens is 1. The lowest BCUT2D eigenvalue weighted by Gasteiger charge is -2.30. The summed E-state index contributed by atoms with van der Waals surface area (Å²) in [6.07, 6.45) is 1.05. The molecule has 0 aromatic carbocycles. The lowest BCUT2D eigenvalue weighted by molar-refractivity contribution is -0.168. The van der Waals surface area contributed by atoms with Crippen LogP contribution in [0.4, 0.5) is 4.39 Å². The summed E-state index contributed by atoms with van der Waals surface area (Å²) < 4.78 is 24.2. The van der Waals surface area contributed by atoms with Gasteiger partial charge in [0.25, 0.3) is 0 Å². The van der Waals surface area contributed by atoms with Gasteiger partial charge >= 0.3 is 11.9 Å². The fraction of sp³-hybridized carbons (Fsp3) is 0.778. The van der Waals surface area contributed by atoms with E-state index in [1.165, 1.54) is 0 Å². The number of hydrogen-bond acceptors (Lipinski definition) is 6. The number of ether oxygens (including phenoxy) is 2. The van der Waals surface area contributed by atoms with E-state index in [-0.39, 0.29) is 24.5 Å². The number of carbonyl (C=O) groups is 2. The Morgan fingerprint density at radius 2 is 2.04 bits per heavy atom. The minimum absolute atomic E-state index is 0.107. The molecular formula is C18H29FN2O4. The fourth-order valence-corrected chi connectivity index (χ4v) is 3.19. The highest BCUT2D eigenvalue weighted by molar-refractivity contribution is 5.82. The molecule has 0 radical (unpaired) electrons. The van der Waals surface area contributed by atoms with E-state index in [2.05, 4.69) is 11.9 Å². The monoisotopic (exact) mass is 356 g/mol. The predicted octanol–water partition coefficient (Wildman–Crippen LogP) is 2.14. The average molecular weight is 356 g/mol. The van der Waals surface area contributed by atoms with Crippen LogP contribution >= 0.6 is 0 Å². The molecule has 5 atom stereocenters. The van der Waals surface area contributed by atoms with Crippen LogP contribution in [0.25, 0.3) is 0 Å². The van der Waals surface area contributed by atoms with Crippen molar-refractivity contribution in [3.8, 4) is 0 Å². The molecule has 0 aromatic heterocycles. The van der Waals surface area contributed by atoms with Crippen LogP contribution in [0, 0.1) is 5.92 Å². The van der Waals surface area contributed by atoms with E-state index >= 15 is 0 Å². The Morgan fingerprint density at radius 3 is 2.52 bits per heavy atom. The summed E-state index contributed by atoms with van der Waals surface area (Å²) in [5, 5.41) is 3.11. The topological polar surface area (TPSA) is 77.8 Å². The smallest absolute Gasteiger partial charge is 0.326 e. The highest BCUT2D eigenvalue weighted by Crippen LogP contribution is 2.36. The third kappa shape index (κ3) is 5.01. The van der Waals surface area contributed by atoms with Gasteiger partial charge in [0.15, 0.2) is 0 Å². The Kier molecular flexibility index (Phi) is 6.21. The second kappa shape index (κ2) is 7.83. The molecule has 6 nitrogen and oxygen atoms in total. The van der Waals surface area contributed by atoms with Gasteiger partial charge in [0.05, 0.1) is 6.17 Å². The summed E-state index contributed by atoms with van der Waals surface area (Å²) in [6.45, 7) is 11.7. The first-order valence-electron chi connectivity index (χ1n) is 8.88.